The molecule has 0 atom stereocenters. The summed E-state index contributed by atoms with van der Waals surface area (Å²) in [6.07, 6.45) is 6.05. The summed E-state index contributed by atoms with van der Waals surface area (Å²) in [6, 6.07) is 0. The van der Waals surface area contributed by atoms with Crippen molar-refractivity contribution in [3.05, 3.63) is 0 Å². The minimum Gasteiger partial charge on any atom is -0.393 e. The predicted molar refractivity (Wildman–Crippen MR) is 55.0 cm³/mol. The van der Waals surface area contributed by atoms with E-state index in [9.17, 15) is 5.11 Å². The van der Waals surface area contributed by atoms with Crippen LogP contribution in [0.3, 0.4) is 0 Å². The van der Waals surface area contributed by atoms with Crippen molar-refractivity contribution in [1.82, 2.24) is 5.32 Å². The first kappa shape index (κ1) is 10.4. The number of rotatable bonds is 4. The number of hydrogen-bond donors (Lipinski definition) is 3. The highest BCUT2D eigenvalue weighted by Gasteiger charge is 2.32. The third kappa shape index (κ3) is 2.47. The summed E-state index contributed by atoms with van der Waals surface area (Å²) >= 11 is 0. The van der Waals surface area contributed by atoms with E-state index in [2.05, 4.69) is 5.32 Å². The fourth-order valence-electron chi connectivity index (χ4n) is 2.59. The van der Waals surface area contributed by atoms with Crippen molar-refractivity contribution in [2.24, 2.45) is 5.92 Å². The van der Waals surface area contributed by atoms with E-state index in [-0.39, 0.29) is 6.10 Å². The van der Waals surface area contributed by atoms with Crippen molar-refractivity contribution >= 4 is 0 Å². The van der Waals surface area contributed by atoms with Crippen LogP contribution in [0.15, 0.2) is 0 Å². The molecule has 0 bridgehead atoms. The Bertz CT molecular complexity index is 184. The highest BCUT2D eigenvalue weighted by Crippen LogP contribution is 2.29. The quantitative estimate of drug-likeness (QED) is 0.623. The molecule has 2 aliphatic rings. The largest absolute Gasteiger partial charge is 0.393 e. The third-order valence-corrected chi connectivity index (χ3v) is 3.63. The maximum Gasteiger partial charge on any atom is 0.0771 e. The maximum atomic E-state index is 10.0. The van der Waals surface area contributed by atoms with E-state index in [0.29, 0.717) is 5.92 Å². The summed E-state index contributed by atoms with van der Waals surface area (Å²) < 4.78 is 0. The molecule has 0 unspecified atom stereocenters. The Kier molecular flexibility index (Phi) is 3.10. The van der Waals surface area contributed by atoms with Gasteiger partial charge in [0, 0.05) is 6.54 Å². The molecule has 3 N–H and O–H groups in total. The molecule has 2 rings (SSSR count). The Morgan fingerprint density at radius 2 is 1.86 bits per heavy atom. The zero-order valence-corrected chi connectivity index (χ0v) is 8.71. The monoisotopic (exact) mass is 199 g/mol. The lowest BCUT2D eigenvalue weighted by atomic mass is 9.82. The zero-order chi connectivity index (χ0) is 10.0. The highest BCUT2D eigenvalue weighted by atomic mass is 16.3. The van der Waals surface area contributed by atoms with Crippen molar-refractivity contribution in [1.29, 1.82) is 0 Å². The maximum absolute atomic E-state index is 10.0. The fraction of sp³-hybridized carbons (Fsp3) is 1.00. The standard InChI is InChI=1S/C11H21NO2/c13-10-5-9(6-10)7-12-8-11(14)3-1-2-4-11/h9-10,12-14H,1-8H2. The molecule has 82 valence electrons. The van der Waals surface area contributed by atoms with Gasteiger partial charge in [-0.15, -0.1) is 0 Å². The summed E-state index contributed by atoms with van der Waals surface area (Å²) in [5, 5.41) is 22.5. The van der Waals surface area contributed by atoms with Crippen LogP contribution in [0.4, 0.5) is 0 Å². The number of aliphatic hydroxyl groups is 2. The minimum absolute atomic E-state index is 0.0589. The van der Waals surface area contributed by atoms with Crippen LogP contribution in [0.2, 0.25) is 0 Å². The molecule has 0 spiro atoms. The zero-order valence-electron chi connectivity index (χ0n) is 8.71. The Morgan fingerprint density at radius 3 is 2.43 bits per heavy atom. The van der Waals surface area contributed by atoms with Gasteiger partial charge >= 0.3 is 0 Å². The van der Waals surface area contributed by atoms with Crippen molar-refractivity contribution in [3.8, 4) is 0 Å². The molecular weight excluding hydrogens is 178 g/mol. The molecule has 14 heavy (non-hydrogen) atoms. The molecular formula is C11H21NO2. The van der Waals surface area contributed by atoms with Crippen LogP contribution >= 0.6 is 0 Å². The third-order valence-electron chi connectivity index (χ3n) is 3.63. The van der Waals surface area contributed by atoms with Gasteiger partial charge < -0.3 is 15.5 Å². The molecule has 0 radical (unpaired) electrons. The lowest BCUT2D eigenvalue weighted by molar-refractivity contribution is 0.0281. The summed E-state index contributed by atoms with van der Waals surface area (Å²) in [4.78, 5) is 0. The first-order valence-electron chi connectivity index (χ1n) is 5.79. The van der Waals surface area contributed by atoms with E-state index >= 15 is 0 Å². The van der Waals surface area contributed by atoms with Crippen LogP contribution in [0.25, 0.3) is 0 Å². The lowest BCUT2D eigenvalue weighted by Gasteiger charge is -2.32. The smallest absolute Gasteiger partial charge is 0.0771 e. The van der Waals surface area contributed by atoms with Gasteiger partial charge in [0.2, 0.25) is 0 Å². The summed E-state index contributed by atoms with van der Waals surface area (Å²) in [7, 11) is 0. The van der Waals surface area contributed by atoms with Gasteiger partial charge in [-0.3, -0.25) is 0 Å². The molecule has 3 heteroatoms. The Labute approximate surface area is 85.5 Å². The SMILES string of the molecule is OC1CC(CNCC2(O)CCCC2)C1. The number of aliphatic hydroxyl groups excluding tert-OH is 1. The van der Waals surface area contributed by atoms with Crippen molar-refractivity contribution < 1.29 is 10.2 Å². The predicted octanol–water partition coefficient (Wildman–Crippen LogP) is 0.652. The van der Waals surface area contributed by atoms with E-state index in [4.69, 9.17) is 5.11 Å². The number of hydrogen-bond acceptors (Lipinski definition) is 3. The molecule has 0 aromatic rings. The van der Waals surface area contributed by atoms with Crippen LogP contribution in [0.1, 0.15) is 38.5 Å². The Morgan fingerprint density at radius 1 is 1.21 bits per heavy atom. The van der Waals surface area contributed by atoms with E-state index in [1.807, 2.05) is 0 Å². The van der Waals surface area contributed by atoms with Crippen molar-refractivity contribution in [2.75, 3.05) is 13.1 Å². The molecule has 2 fully saturated rings. The van der Waals surface area contributed by atoms with Gasteiger partial charge in [0.25, 0.3) is 0 Å². The first-order chi connectivity index (χ1) is 6.68. The van der Waals surface area contributed by atoms with Gasteiger partial charge in [0.15, 0.2) is 0 Å². The van der Waals surface area contributed by atoms with Crippen LogP contribution in [-0.4, -0.2) is 35.0 Å². The second-order valence-corrected chi connectivity index (χ2v) is 5.05. The number of nitrogens with one attached hydrogen (secondary N) is 1. The summed E-state index contributed by atoms with van der Waals surface area (Å²) in [5.74, 6) is 0.634. The van der Waals surface area contributed by atoms with Crippen molar-refractivity contribution in [2.45, 2.75) is 50.2 Å². The molecule has 0 aromatic carbocycles. The van der Waals surface area contributed by atoms with Gasteiger partial charge in [-0.2, -0.15) is 0 Å². The van der Waals surface area contributed by atoms with Crippen molar-refractivity contribution in [3.63, 3.8) is 0 Å². The van der Waals surface area contributed by atoms with E-state index < -0.39 is 5.60 Å². The highest BCUT2D eigenvalue weighted by molar-refractivity contribution is 4.87. The second kappa shape index (κ2) is 4.17. The lowest BCUT2D eigenvalue weighted by Crippen LogP contribution is -2.43. The van der Waals surface area contributed by atoms with Gasteiger partial charge in [0.1, 0.15) is 0 Å². The summed E-state index contributed by atoms with van der Waals surface area (Å²) in [5.41, 5.74) is -0.428. The van der Waals surface area contributed by atoms with Crippen LogP contribution in [0.5, 0.6) is 0 Å². The first-order valence-corrected chi connectivity index (χ1v) is 5.79. The normalized spacial score (nSPS) is 35.6. The molecule has 2 saturated carbocycles. The fourth-order valence-corrected chi connectivity index (χ4v) is 2.59. The second-order valence-electron chi connectivity index (χ2n) is 5.05. The molecule has 0 saturated heterocycles. The molecule has 0 aromatic heterocycles. The molecule has 0 heterocycles. The van der Waals surface area contributed by atoms with Crippen LogP contribution in [-0.2, 0) is 0 Å². The van der Waals surface area contributed by atoms with E-state index in [0.717, 1.165) is 38.8 Å². The van der Waals surface area contributed by atoms with Crippen LogP contribution < -0.4 is 5.32 Å². The van der Waals surface area contributed by atoms with E-state index in [1.54, 1.807) is 0 Å². The molecule has 0 aliphatic heterocycles. The molecule has 2 aliphatic carbocycles. The topological polar surface area (TPSA) is 52.5 Å². The van der Waals surface area contributed by atoms with Gasteiger partial charge in [-0.1, -0.05) is 12.8 Å². The summed E-state index contributed by atoms with van der Waals surface area (Å²) in [6.45, 7) is 1.69. The molecule has 0 amide bonds. The van der Waals surface area contributed by atoms with E-state index in [1.165, 1.54) is 12.8 Å². The van der Waals surface area contributed by atoms with Gasteiger partial charge in [-0.25, -0.2) is 0 Å². The molecule has 3 nitrogen and oxygen atoms in total. The van der Waals surface area contributed by atoms with Crippen LogP contribution in [0, 0.1) is 5.92 Å². The minimum atomic E-state index is -0.428. The average Bonchev–Trinajstić information content (AvgIpc) is 2.49. The average molecular weight is 199 g/mol. The Balaban J connectivity index is 1.58. The van der Waals surface area contributed by atoms with Gasteiger partial charge in [0.05, 0.1) is 11.7 Å². The Hall–Kier alpha value is -0.120. The van der Waals surface area contributed by atoms with Gasteiger partial charge in [-0.05, 0) is 38.1 Å².